The van der Waals surface area contributed by atoms with Gasteiger partial charge in [-0.2, -0.15) is 0 Å². The van der Waals surface area contributed by atoms with Gasteiger partial charge in [-0.3, -0.25) is 9.59 Å². The van der Waals surface area contributed by atoms with Crippen LogP contribution in [0.2, 0.25) is 0 Å². The van der Waals surface area contributed by atoms with Crippen LogP contribution in [0.4, 0.5) is 11.4 Å². The zero-order valence-electron chi connectivity index (χ0n) is 17.4. The second-order valence-corrected chi connectivity index (χ2v) is 7.04. The second kappa shape index (κ2) is 9.32. The number of aliphatic hydroxyl groups excluding tert-OH is 1. The smallest absolute Gasteiger partial charge is 0.255 e. The number of amides is 2. The van der Waals surface area contributed by atoms with Crippen LogP contribution in [0.5, 0.6) is 5.75 Å². The van der Waals surface area contributed by atoms with Crippen LogP contribution < -0.4 is 15.4 Å². The van der Waals surface area contributed by atoms with Crippen molar-refractivity contribution in [2.45, 2.75) is 13.2 Å². The number of para-hydroxylation sites is 4. The van der Waals surface area contributed by atoms with Crippen LogP contribution in [0, 0.1) is 0 Å². The number of aromatic nitrogens is 2. The van der Waals surface area contributed by atoms with E-state index >= 15 is 0 Å². The van der Waals surface area contributed by atoms with Gasteiger partial charge in [-0.1, -0.05) is 24.3 Å². The van der Waals surface area contributed by atoms with Crippen LogP contribution in [0.1, 0.15) is 16.2 Å². The van der Waals surface area contributed by atoms with Crippen molar-refractivity contribution in [1.29, 1.82) is 0 Å². The van der Waals surface area contributed by atoms with E-state index in [1.807, 2.05) is 36.4 Å². The summed E-state index contributed by atoms with van der Waals surface area (Å²) < 4.78 is 6.93. The Morgan fingerprint density at radius 1 is 0.969 bits per heavy atom. The molecule has 0 bridgehead atoms. The minimum absolute atomic E-state index is 0.00639. The molecule has 3 aromatic carbocycles. The molecule has 1 heterocycles. The largest absolute Gasteiger partial charge is 0.495 e. The zero-order chi connectivity index (χ0) is 22.5. The Labute approximate surface area is 184 Å². The molecular weight excluding hydrogens is 408 g/mol. The van der Waals surface area contributed by atoms with Crippen LogP contribution in [0.25, 0.3) is 11.0 Å². The molecule has 4 aromatic rings. The molecule has 162 valence electrons. The van der Waals surface area contributed by atoms with Gasteiger partial charge in [0.2, 0.25) is 5.91 Å². The quantitative estimate of drug-likeness (QED) is 0.417. The molecule has 8 heteroatoms. The number of methoxy groups -OCH3 is 1. The molecule has 32 heavy (non-hydrogen) atoms. The SMILES string of the molecule is COc1ccccc1NC(=O)c1ccc(NC(=O)Cn2c(CO)nc3ccccc32)cc1. The first-order valence-corrected chi connectivity index (χ1v) is 9.98. The maximum atomic E-state index is 12.6. The van der Waals surface area contributed by atoms with Crippen LogP contribution in [0.3, 0.4) is 0 Å². The molecule has 0 saturated carbocycles. The fourth-order valence-electron chi connectivity index (χ4n) is 3.41. The van der Waals surface area contributed by atoms with Crippen LogP contribution >= 0.6 is 0 Å². The van der Waals surface area contributed by atoms with Gasteiger partial charge in [-0.05, 0) is 48.5 Å². The Kier molecular flexibility index (Phi) is 6.14. The summed E-state index contributed by atoms with van der Waals surface area (Å²) in [6, 6.07) is 21.1. The molecule has 4 rings (SSSR count). The third kappa shape index (κ3) is 4.45. The summed E-state index contributed by atoms with van der Waals surface area (Å²) in [7, 11) is 1.54. The third-order valence-electron chi connectivity index (χ3n) is 4.96. The number of hydrogen-bond acceptors (Lipinski definition) is 5. The van der Waals surface area contributed by atoms with E-state index in [9.17, 15) is 14.7 Å². The molecule has 0 aliphatic heterocycles. The number of aliphatic hydroxyl groups is 1. The first-order valence-electron chi connectivity index (χ1n) is 9.98. The number of anilines is 2. The van der Waals surface area contributed by atoms with E-state index in [4.69, 9.17) is 4.74 Å². The lowest BCUT2D eigenvalue weighted by Crippen LogP contribution is -2.20. The van der Waals surface area contributed by atoms with Crippen molar-refractivity contribution in [3.8, 4) is 5.75 Å². The number of carbonyl (C=O) groups excluding carboxylic acids is 2. The first kappa shape index (κ1) is 21.1. The van der Waals surface area contributed by atoms with E-state index < -0.39 is 0 Å². The van der Waals surface area contributed by atoms with Gasteiger partial charge in [0.25, 0.3) is 5.91 Å². The van der Waals surface area contributed by atoms with Crippen molar-refractivity contribution in [3.63, 3.8) is 0 Å². The number of imidazole rings is 1. The summed E-state index contributed by atoms with van der Waals surface area (Å²) in [5.74, 6) is 0.433. The molecule has 8 nitrogen and oxygen atoms in total. The van der Waals surface area contributed by atoms with E-state index in [-0.39, 0.29) is 25.0 Å². The molecule has 0 radical (unpaired) electrons. The van der Waals surface area contributed by atoms with Gasteiger partial charge in [0.1, 0.15) is 24.7 Å². The number of nitrogens with zero attached hydrogens (tertiary/aromatic N) is 2. The van der Waals surface area contributed by atoms with Gasteiger partial charge >= 0.3 is 0 Å². The van der Waals surface area contributed by atoms with Crippen LogP contribution in [0.15, 0.2) is 72.8 Å². The maximum Gasteiger partial charge on any atom is 0.255 e. The fraction of sp³-hybridized carbons (Fsp3) is 0.125. The summed E-state index contributed by atoms with van der Waals surface area (Å²) in [6.45, 7) is -0.260. The predicted molar refractivity (Wildman–Crippen MR) is 122 cm³/mol. The van der Waals surface area contributed by atoms with Gasteiger partial charge in [0, 0.05) is 11.3 Å². The number of carbonyl (C=O) groups is 2. The van der Waals surface area contributed by atoms with Crippen molar-refractivity contribution in [2.75, 3.05) is 17.7 Å². The van der Waals surface area contributed by atoms with Gasteiger partial charge < -0.3 is 25.0 Å². The monoisotopic (exact) mass is 430 g/mol. The van der Waals surface area contributed by atoms with Crippen LogP contribution in [-0.4, -0.2) is 33.6 Å². The number of fused-ring (bicyclic) bond motifs is 1. The van der Waals surface area contributed by atoms with Crippen molar-refractivity contribution >= 4 is 34.2 Å². The second-order valence-electron chi connectivity index (χ2n) is 7.04. The topological polar surface area (TPSA) is 105 Å². The van der Waals surface area contributed by atoms with Crippen molar-refractivity contribution < 1.29 is 19.4 Å². The average Bonchev–Trinajstić information content (AvgIpc) is 3.17. The average molecular weight is 430 g/mol. The van der Waals surface area contributed by atoms with E-state index in [2.05, 4.69) is 15.6 Å². The molecule has 0 saturated heterocycles. The standard InChI is InChI=1S/C24H22N4O4/c1-32-21-9-5-3-7-19(21)27-24(31)16-10-12-17(13-11-16)25-23(30)14-28-20-8-4-2-6-18(20)26-22(28)15-29/h2-13,29H,14-15H2,1H3,(H,25,30)(H,27,31). The normalized spacial score (nSPS) is 10.7. The Balaban J connectivity index is 1.43. The highest BCUT2D eigenvalue weighted by atomic mass is 16.5. The fourth-order valence-corrected chi connectivity index (χ4v) is 3.41. The van der Waals surface area contributed by atoms with Gasteiger partial charge in [-0.15, -0.1) is 0 Å². The molecular formula is C24H22N4O4. The molecule has 0 aliphatic rings. The van der Waals surface area contributed by atoms with E-state index in [0.717, 1.165) is 11.0 Å². The number of ether oxygens (including phenoxy) is 1. The van der Waals surface area contributed by atoms with E-state index in [1.54, 1.807) is 48.1 Å². The summed E-state index contributed by atoms with van der Waals surface area (Å²) in [5, 5.41) is 15.2. The molecule has 1 aromatic heterocycles. The molecule has 0 atom stereocenters. The minimum Gasteiger partial charge on any atom is -0.495 e. The molecule has 0 fully saturated rings. The first-order chi connectivity index (χ1) is 15.6. The number of rotatable bonds is 7. The molecule has 0 spiro atoms. The summed E-state index contributed by atoms with van der Waals surface area (Å²) in [5.41, 5.74) is 3.06. The lowest BCUT2D eigenvalue weighted by Gasteiger charge is -2.11. The summed E-state index contributed by atoms with van der Waals surface area (Å²) >= 11 is 0. The van der Waals surface area contributed by atoms with Gasteiger partial charge in [0.05, 0.1) is 23.8 Å². The molecule has 0 unspecified atom stereocenters. The Morgan fingerprint density at radius 2 is 1.69 bits per heavy atom. The zero-order valence-corrected chi connectivity index (χ0v) is 17.4. The third-order valence-corrected chi connectivity index (χ3v) is 4.96. The number of nitrogens with one attached hydrogen (secondary N) is 2. The molecule has 2 amide bonds. The summed E-state index contributed by atoms with van der Waals surface area (Å²) in [4.78, 5) is 29.5. The Hall–Kier alpha value is -4.17. The van der Waals surface area contributed by atoms with Crippen molar-refractivity contribution in [3.05, 3.63) is 84.2 Å². The molecule has 0 aliphatic carbocycles. The Bertz CT molecular complexity index is 1260. The maximum absolute atomic E-state index is 12.6. The van der Waals surface area contributed by atoms with Crippen molar-refractivity contribution in [1.82, 2.24) is 9.55 Å². The predicted octanol–water partition coefficient (Wildman–Crippen LogP) is 3.43. The number of benzene rings is 3. The highest BCUT2D eigenvalue weighted by Crippen LogP contribution is 2.24. The minimum atomic E-state index is -0.287. The Morgan fingerprint density at radius 3 is 2.44 bits per heavy atom. The molecule has 3 N–H and O–H groups in total. The lowest BCUT2D eigenvalue weighted by molar-refractivity contribution is -0.116. The van der Waals surface area contributed by atoms with Crippen molar-refractivity contribution in [2.24, 2.45) is 0 Å². The highest BCUT2D eigenvalue weighted by Gasteiger charge is 2.14. The number of hydrogen-bond donors (Lipinski definition) is 3. The van der Waals surface area contributed by atoms with Crippen LogP contribution in [-0.2, 0) is 17.9 Å². The summed E-state index contributed by atoms with van der Waals surface area (Å²) in [6.07, 6.45) is 0. The highest BCUT2D eigenvalue weighted by molar-refractivity contribution is 6.05. The van der Waals surface area contributed by atoms with E-state index in [0.29, 0.717) is 28.5 Å². The van der Waals surface area contributed by atoms with E-state index in [1.165, 1.54) is 0 Å². The lowest BCUT2D eigenvalue weighted by atomic mass is 10.2. The van der Waals surface area contributed by atoms with Gasteiger partial charge in [0.15, 0.2) is 0 Å². The van der Waals surface area contributed by atoms with Gasteiger partial charge in [-0.25, -0.2) is 4.98 Å².